The Hall–Kier alpha value is -1.00. The van der Waals surface area contributed by atoms with Crippen LogP contribution in [0.5, 0.6) is 0 Å². The monoisotopic (exact) mass is 224 g/mol. The van der Waals surface area contributed by atoms with Gasteiger partial charge in [0, 0.05) is 10.5 Å². The first kappa shape index (κ1) is 9.55. The Morgan fingerprint density at radius 2 is 2.29 bits per heavy atom. The Morgan fingerprint density at radius 3 is 2.93 bits per heavy atom. The largest absolute Gasteiger partial charge is 0.478 e. The molecule has 1 heterocycles. The van der Waals surface area contributed by atoms with Gasteiger partial charge in [0.25, 0.3) is 0 Å². The van der Waals surface area contributed by atoms with Crippen molar-refractivity contribution in [3.63, 3.8) is 0 Å². The second kappa shape index (κ2) is 3.63. The predicted molar refractivity (Wildman–Crippen MR) is 61.5 cm³/mol. The zero-order valence-electron chi connectivity index (χ0n) is 7.23. The van der Waals surface area contributed by atoms with Crippen LogP contribution in [0, 0.1) is 0 Å². The Morgan fingerprint density at radius 1 is 1.50 bits per heavy atom. The summed E-state index contributed by atoms with van der Waals surface area (Å²) >= 11 is 5.77. The SMILES string of the molecule is O=C(O)c1ccc2c(CS)csc2c1. The molecule has 0 spiro atoms. The van der Waals surface area contributed by atoms with Crippen LogP contribution in [-0.2, 0) is 5.75 Å². The normalized spacial score (nSPS) is 10.6. The molecule has 1 N–H and O–H groups in total. The van der Waals surface area contributed by atoms with E-state index >= 15 is 0 Å². The highest BCUT2D eigenvalue weighted by Gasteiger charge is 2.06. The van der Waals surface area contributed by atoms with E-state index in [0.717, 1.165) is 15.6 Å². The lowest BCUT2D eigenvalue weighted by Gasteiger charge is -1.96. The summed E-state index contributed by atoms with van der Waals surface area (Å²) in [6.07, 6.45) is 0. The first-order chi connectivity index (χ1) is 6.72. The molecule has 1 aromatic heterocycles. The van der Waals surface area contributed by atoms with Gasteiger partial charge in [0.2, 0.25) is 0 Å². The highest BCUT2D eigenvalue weighted by molar-refractivity contribution is 7.79. The second-order valence-corrected chi connectivity index (χ2v) is 4.16. The van der Waals surface area contributed by atoms with Crippen LogP contribution in [0.2, 0.25) is 0 Å². The van der Waals surface area contributed by atoms with Gasteiger partial charge in [0.05, 0.1) is 5.56 Å². The van der Waals surface area contributed by atoms with E-state index in [1.54, 1.807) is 23.5 Å². The number of carbonyl (C=O) groups is 1. The Kier molecular flexibility index (Phi) is 2.48. The van der Waals surface area contributed by atoms with E-state index in [1.165, 1.54) is 0 Å². The van der Waals surface area contributed by atoms with Crippen LogP contribution < -0.4 is 0 Å². The smallest absolute Gasteiger partial charge is 0.335 e. The van der Waals surface area contributed by atoms with Crippen molar-refractivity contribution in [1.82, 2.24) is 0 Å². The van der Waals surface area contributed by atoms with Crippen molar-refractivity contribution in [3.8, 4) is 0 Å². The first-order valence-electron chi connectivity index (χ1n) is 4.06. The van der Waals surface area contributed by atoms with Crippen LogP contribution in [0.15, 0.2) is 23.6 Å². The van der Waals surface area contributed by atoms with Gasteiger partial charge in [-0.15, -0.1) is 11.3 Å². The van der Waals surface area contributed by atoms with Gasteiger partial charge in [-0.1, -0.05) is 6.07 Å². The first-order valence-corrected chi connectivity index (χ1v) is 5.58. The molecule has 2 nitrogen and oxygen atoms in total. The number of rotatable bonds is 2. The molecule has 1 aromatic carbocycles. The number of fused-ring (bicyclic) bond motifs is 1. The molecule has 2 aromatic rings. The Labute approximate surface area is 90.6 Å². The van der Waals surface area contributed by atoms with Crippen LogP contribution in [0.4, 0.5) is 0 Å². The van der Waals surface area contributed by atoms with Gasteiger partial charge in [-0.25, -0.2) is 4.79 Å². The maximum Gasteiger partial charge on any atom is 0.335 e. The molecule has 14 heavy (non-hydrogen) atoms. The number of thiol groups is 1. The standard InChI is InChI=1S/C10H8O2S2/c11-10(12)6-1-2-8-7(4-13)5-14-9(8)3-6/h1-3,5,13H,4H2,(H,11,12). The molecule has 2 rings (SSSR count). The summed E-state index contributed by atoms with van der Waals surface area (Å²) in [6, 6.07) is 5.18. The van der Waals surface area contributed by atoms with E-state index in [2.05, 4.69) is 12.6 Å². The third-order valence-corrected chi connectivity index (χ3v) is 3.41. The van der Waals surface area contributed by atoms with E-state index in [4.69, 9.17) is 5.11 Å². The molecule has 0 radical (unpaired) electrons. The van der Waals surface area contributed by atoms with Crippen molar-refractivity contribution in [2.24, 2.45) is 0 Å². The summed E-state index contributed by atoms with van der Waals surface area (Å²) in [5, 5.41) is 11.9. The minimum atomic E-state index is -0.882. The van der Waals surface area contributed by atoms with Gasteiger partial charge in [0.15, 0.2) is 0 Å². The Balaban J connectivity index is 2.63. The van der Waals surface area contributed by atoms with Crippen molar-refractivity contribution in [3.05, 3.63) is 34.7 Å². The quantitative estimate of drug-likeness (QED) is 0.769. The number of hydrogen-bond donors (Lipinski definition) is 2. The summed E-state index contributed by atoms with van der Waals surface area (Å²) in [5.74, 6) is -0.195. The topological polar surface area (TPSA) is 37.3 Å². The third kappa shape index (κ3) is 1.51. The van der Waals surface area contributed by atoms with E-state index in [9.17, 15) is 4.79 Å². The predicted octanol–water partition coefficient (Wildman–Crippen LogP) is 3.03. The molecule has 0 saturated heterocycles. The molecule has 0 bridgehead atoms. The Bertz CT molecular complexity index is 488. The molecular weight excluding hydrogens is 216 g/mol. The molecule has 4 heteroatoms. The molecule has 0 amide bonds. The minimum Gasteiger partial charge on any atom is -0.478 e. The number of carboxylic acid groups (broad SMARTS) is 1. The third-order valence-electron chi connectivity index (χ3n) is 2.07. The van der Waals surface area contributed by atoms with Crippen molar-refractivity contribution < 1.29 is 9.90 Å². The van der Waals surface area contributed by atoms with E-state index in [-0.39, 0.29) is 0 Å². The summed E-state index contributed by atoms with van der Waals surface area (Å²) < 4.78 is 1.01. The molecule has 0 atom stereocenters. The van der Waals surface area contributed by atoms with Crippen LogP contribution in [0.25, 0.3) is 10.1 Å². The lowest BCUT2D eigenvalue weighted by atomic mass is 10.1. The number of carboxylic acids is 1. The van der Waals surface area contributed by atoms with E-state index < -0.39 is 5.97 Å². The molecule has 0 aliphatic carbocycles. The molecule has 72 valence electrons. The van der Waals surface area contributed by atoms with Crippen LogP contribution in [0.3, 0.4) is 0 Å². The average Bonchev–Trinajstić information content (AvgIpc) is 2.59. The van der Waals surface area contributed by atoms with Crippen molar-refractivity contribution in [1.29, 1.82) is 0 Å². The van der Waals surface area contributed by atoms with Crippen LogP contribution in [0.1, 0.15) is 15.9 Å². The summed E-state index contributed by atoms with van der Waals surface area (Å²) in [4.78, 5) is 10.7. The fourth-order valence-electron chi connectivity index (χ4n) is 1.34. The van der Waals surface area contributed by atoms with Gasteiger partial charge in [-0.3, -0.25) is 0 Å². The van der Waals surface area contributed by atoms with Crippen LogP contribution in [-0.4, -0.2) is 11.1 Å². The fourth-order valence-corrected chi connectivity index (χ4v) is 2.72. The van der Waals surface area contributed by atoms with Gasteiger partial charge in [-0.2, -0.15) is 12.6 Å². The fraction of sp³-hybridized carbons (Fsp3) is 0.100. The molecule has 0 aliphatic heterocycles. The van der Waals surface area contributed by atoms with Crippen molar-refractivity contribution >= 4 is 40.0 Å². The number of hydrogen-bond acceptors (Lipinski definition) is 3. The minimum absolute atomic E-state index is 0.338. The van der Waals surface area contributed by atoms with Gasteiger partial charge in [0.1, 0.15) is 0 Å². The lowest BCUT2D eigenvalue weighted by Crippen LogP contribution is -1.94. The number of benzene rings is 1. The van der Waals surface area contributed by atoms with E-state index in [0.29, 0.717) is 11.3 Å². The lowest BCUT2D eigenvalue weighted by molar-refractivity contribution is 0.0697. The second-order valence-electron chi connectivity index (χ2n) is 2.94. The summed E-state index contributed by atoms with van der Waals surface area (Å²) in [7, 11) is 0. The number of thiophene rings is 1. The van der Waals surface area contributed by atoms with Gasteiger partial charge in [-0.05, 0) is 28.5 Å². The van der Waals surface area contributed by atoms with E-state index in [1.807, 2.05) is 11.4 Å². The highest BCUT2D eigenvalue weighted by atomic mass is 32.1. The molecule has 0 saturated carbocycles. The van der Waals surface area contributed by atoms with Gasteiger partial charge < -0.3 is 5.11 Å². The number of aromatic carboxylic acids is 1. The average molecular weight is 224 g/mol. The molecular formula is C10H8O2S2. The van der Waals surface area contributed by atoms with Crippen molar-refractivity contribution in [2.45, 2.75) is 5.75 Å². The molecule has 0 fully saturated rings. The van der Waals surface area contributed by atoms with Crippen LogP contribution >= 0.6 is 24.0 Å². The zero-order valence-corrected chi connectivity index (χ0v) is 8.94. The van der Waals surface area contributed by atoms with Gasteiger partial charge >= 0.3 is 5.97 Å². The summed E-state index contributed by atoms with van der Waals surface area (Å²) in [6.45, 7) is 0. The summed E-state index contributed by atoms with van der Waals surface area (Å²) in [5.41, 5.74) is 1.50. The highest BCUT2D eigenvalue weighted by Crippen LogP contribution is 2.27. The maximum absolute atomic E-state index is 10.7. The van der Waals surface area contributed by atoms with Crippen molar-refractivity contribution in [2.75, 3.05) is 0 Å². The molecule has 0 unspecified atom stereocenters. The zero-order chi connectivity index (χ0) is 10.1. The molecule has 0 aliphatic rings. The maximum atomic E-state index is 10.7.